The molecule has 32 heteroatoms. The number of fused-ring (bicyclic) bond motifs is 12. The van der Waals surface area contributed by atoms with Gasteiger partial charge in [-0.3, -0.25) is 33.6 Å². The Kier molecular flexibility index (Phi) is 33.4. The summed E-state index contributed by atoms with van der Waals surface area (Å²) in [6, 6.07) is 20.1. The predicted octanol–water partition coefficient (Wildman–Crippen LogP) is 8.47. The predicted molar refractivity (Wildman–Crippen MR) is 426 cm³/mol. The molecular weight excluding hydrogens is 1520 g/mol. The van der Waals surface area contributed by atoms with Crippen molar-refractivity contribution in [3.8, 4) is 22.5 Å². The molecule has 1 unspecified atom stereocenters. The van der Waals surface area contributed by atoms with Crippen LogP contribution in [0.3, 0.4) is 0 Å². The van der Waals surface area contributed by atoms with Gasteiger partial charge in [-0.25, -0.2) is 23.1 Å². The number of para-hydroxylation sites is 1. The van der Waals surface area contributed by atoms with E-state index < -0.39 is 113 Å². The van der Waals surface area contributed by atoms with Gasteiger partial charge >= 0.3 is 12.1 Å². The third kappa shape index (κ3) is 22.4. The zero-order chi connectivity index (χ0) is 83.7. The van der Waals surface area contributed by atoms with Crippen molar-refractivity contribution in [3.05, 3.63) is 108 Å². The van der Waals surface area contributed by atoms with Crippen LogP contribution in [0.5, 0.6) is 0 Å². The summed E-state index contributed by atoms with van der Waals surface area (Å²) in [7, 11) is 0. The number of hydrogen-bond donors (Lipinski definition) is 7. The highest BCUT2D eigenvalue weighted by Gasteiger charge is 2.80. The summed E-state index contributed by atoms with van der Waals surface area (Å²) in [5.74, 6) is -5.89. The average Bonchev–Trinajstić information content (AvgIpc) is 1.54. The van der Waals surface area contributed by atoms with Gasteiger partial charge in [-0.15, -0.1) is 5.10 Å². The second-order valence-corrected chi connectivity index (χ2v) is 31.3. The van der Waals surface area contributed by atoms with E-state index in [0.717, 1.165) is 47.9 Å². The molecule has 4 aromatic rings. The van der Waals surface area contributed by atoms with E-state index in [1.54, 1.807) is 49.9 Å². The largest absolute Gasteiger partial charge is 0.445 e. The molecule has 1 saturated heterocycles. The second kappa shape index (κ2) is 43.2. The lowest BCUT2D eigenvalue weighted by Gasteiger charge is -2.63. The number of carbonyl (C=O) groups excluding carboxylic acids is 9. The lowest BCUT2D eigenvalue weighted by Crippen LogP contribution is -2.71. The number of alkyl carbamates (subject to hydrolysis) is 1. The Hall–Kier alpha value is -8.83. The number of anilines is 2. The number of aromatic nitrogens is 3. The van der Waals surface area contributed by atoms with Crippen LogP contribution in [0.4, 0.5) is 29.7 Å². The number of halogens is 2. The summed E-state index contributed by atoms with van der Waals surface area (Å²) < 4.78 is 94.1. The number of unbranched alkanes of at least 4 members (excludes halogenated alkanes) is 1. The van der Waals surface area contributed by atoms with Crippen molar-refractivity contribution in [1.29, 1.82) is 0 Å². The first-order chi connectivity index (χ1) is 56.4. The highest BCUT2D eigenvalue weighted by atomic mass is 19.1. The van der Waals surface area contributed by atoms with Crippen LogP contribution in [0.25, 0.3) is 22.5 Å². The summed E-state index contributed by atoms with van der Waals surface area (Å²) in [5, 5.41) is 34.6. The molecule has 10 rings (SSSR count). The van der Waals surface area contributed by atoms with Crippen molar-refractivity contribution in [3.63, 3.8) is 0 Å². The van der Waals surface area contributed by atoms with Gasteiger partial charge in [0.1, 0.15) is 18.5 Å². The zero-order valence-electron chi connectivity index (χ0n) is 68.0. The number of nitrogens with two attached hydrogens (primary N) is 1. The Bertz CT molecular complexity index is 4110. The molecule has 8 N–H and O–H groups in total. The maximum Gasteiger partial charge on any atom is 0.407 e. The van der Waals surface area contributed by atoms with E-state index in [2.05, 4.69) is 43.8 Å². The maximum atomic E-state index is 18.0. The normalized spacial score (nSPS) is 23.9. The number of allylic oxidation sites excluding steroid dienone is 4. The lowest BCUT2D eigenvalue weighted by atomic mass is 9.44. The van der Waals surface area contributed by atoms with Crippen molar-refractivity contribution < 1.29 is 104 Å². The van der Waals surface area contributed by atoms with E-state index in [1.165, 1.54) is 19.1 Å². The van der Waals surface area contributed by atoms with Gasteiger partial charge < -0.3 is 89.7 Å². The number of nitrogens with zero attached hydrogens (tertiary/aromatic N) is 4. The quantitative estimate of drug-likeness (QED) is 0.0204. The number of primary amides is 1. The minimum atomic E-state index is -2.39. The van der Waals surface area contributed by atoms with Crippen LogP contribution in [0.15, 0.2) is 96.6 Å². The lowest BCUT2D eigenvalue weighted by molar-refractivity contribution is -0.233. The molecule has 3 aromatic carbocycles. The van der Waals surface area contributed by atoms with E-state index in [0.29, 0.717) is 81.5 Å². The van der Waals surface area contributed by atoms with Crippen molar-refractivity contribution in [2.75, 3.05) is 122 Å². The fourth-order valence-corrected chi connectivity index (χ4v) is 17.2. The van der Waals surface area contributed by atoms with Gasteiger partial charge in [-0.1, -0.05) is 113 Å². The van der Waals surface area contributed by atoms with E-state index in [-0.39, 0.29) is 160 Å². The second-order valence-electron chi connectivity index (χ2n) is 31.3. The molecule has 6 aliphatic rings. The number of hydrogen-bond acceptors (Lipinski definition) is 22. The van der Waals surface area contributed by atoms with Gasteiger partial charge in [0.25, 0.3) is 0 Å². The van der Waals surface area contributed by atoms with Crippen LogP contribution < -0.4 is 37.2 Å². The Morgan fingerprint density at radius 2 is 1.38 bits per heavy atom. The zero-order valence-corrected chi connectivity index (χ0v) is 68.0. The first-order valence-corrected chi connectivity index (χ1v) is 41.1. The van der Waals surface area contributed by atoms with Crippen LogP contribution >= 0.6 is 0 Å². The van der Waals surface area contributed by atoms with Crippen molar-refractivity contribution in [2.45, 2.75) is 187 Å². The number of nitrogens with one attached hydrogen (secondary N) is 5. The van der Waals surface area contributed by atoms with Crippen LogP contribution in [-0.2, 0) is 101 Å². The Balaban J connectivity index is 0.582. The Morgan fingerprint density at radius 1 is 0.726 bits per heavy atom. The molecule has 4 fully saturated rings. The van der Waals surface area contributed by atoms with Crippen LogP contribution in [0.1, 0.15) is 136 Å². The van der Waals surface area contributed by atoms with Gasteiger partial charge in [0.15, 0.2) is 34.9 Å². The molecule has 0 radical (unpaired) electrons. The van der Waals surface area contributed by atoms with Crippen LogP contribution in [0, 0.1) is 34.5 Å². The standard InChI is InChI=1S/C85H116F2N10O20/c1-7-9-33-108-37-41-112-44-40-111-36-32-97-78-61-18-11-10-16-58(61)53-96(67-20-13-12-19-62(67)77(78)94-95-97)74(104)26-25-72(102)89-31-35-110-39-43-114-46-45-113-42-38-109-34-28-73(103)93-76(55(3)4)68(99)47-57(17-14-30-90-80(88)106)79(105)92-59-23-21-56(22-24-59)54-115-81(107)91-52-70(101)85-71(116-75(117-85)15-8-2)50-63-64-49-66(86)65-48-60(98)27-29-82(65,5)84(64,87)69(100)51-83(63,85)6/h10-13,16,18-24,27,29,48,55,57,63-64,66,69,71,75-76,100H,7-9,14-15,17,25-26,28,30-47,49-54H2,1-6H3,(H,89,102)(H,91,107)(H,92,105)(H,93,103)(H3,88,90,106)/t57-,63+,64+,66+,69+,71-,75?,76+,82+,83+,84+,85-/m1/s1. The SMILES string of the molecule is CCCCOCCOCCOCCn1nnc2c1-c1ccccc1CN(C(=O)CCC(=O)NCCOCCOCCOCCOCCC(=O)N[C@H](C(=O)C[C@@H](CCCNC(N)=O)C(=O)Nc1ccc(COC(=O)NCC(=O)[C@@]34OC(CCC)O[C@@H]3C[C@H]3[C@@H]5C[C@H](F)C6=CC(=O)C=C[C@]6(C)[C@@]5(F)[C@@H](O)C[C@@]34C)cc1)C(C)C)c1ccccc1-2. The highest BCUT2D eigenvalue weighted by molar-refractivity contribution is 6.03. The van der Waals surface area contributed by atoms with E-state index in [9.17, 15) is 48.3 Å². The Morgan fingerprint density at radius 3 is 2.07 bits per heavy atom. The summed E-state index contributed by atoms with van der Waals surface area (Å²) in [6.07, 6.45) is 0.524. The van der Waals surface area contributed by atoms with Crippen molar-refractivity contribution in [1.82, 2.24) is 36.3 Å². The molecule has 117 heavy (non-hydrogen) atoms. The molecule has 4 aliphatic carbocycles. The number of alkyl halides is 2. The topological polar surface area (TPSA) is 386 Å². The molecular formula is C85H116F2N10O20. The Labute approximate surface area is 681 Å². The molecule has 30 nitrogen and oxygen atoms in total. The minimum Gasteiger partial charge on any atom is -0.445 e. The van der Waals surface area contributed by atoms with Crippen molar-refractivity contribution in [2.24, 2.45) is 40.2 Å². The smallest absolute Gasteiger partial charge is 0.407 e. The van der Waals surface area contributed by atoms with Gasteiger partial charge in [0.2, 0.25) is 23.6 Å². The number of ketones is 3. The van der Waals surface area contributed by atoms with E-state index in [4.69, 9.17) is 53.1 Å². The summed E-state index contributed by atoms with van der Waals surface area (Å²) in [5.41, 5.74) is 3.78. The first-order valence-electron chi connectivity index (χ1n) is 41.1. The number of rotatable bonds is 48. The van der Waals surface area contributed by atoms with Gasteiger partial charge in [0, 0.05) is 84.9 Å². The minimum absolute atomic E-state index is 0.0190. The third-order valence-corrected chi connectivity index (χ3v) is 23.2. The number of urea groups is 1. The number of benzene rings is 3. The van der Waals surface area contributed by atoms with Gasteiger partial charge in [-0.05, 0) is 111 Å². The van der Waals surface area contributed by atoms with Crippen LogP contribution in [-0.4, -0.2) is 227 Å². The number of ether oxygens (including phenoxy) is 10. The average molecular weight is 1640 g/mol. The molecule has 1 aromatic heterocycles. The number of aliphatic hydroxyl groups is 1. The third-order valence-electron chi connectivity index (χ3n) is 23.2. The first kappa shape index (κ1) is 90.5. The highest BCUT2D eigenvalue weighted by Crippen LogP contribution is 2.72. The van der Waals surface area contributed by atoms with E-state index >= 15 is 8.78 Å². The summed E-state index contributed by atoms with van der Waals surface area (Å²) >= 11 is 0. The monoisotopic (exact) mass is 1630 g/mol. The van der Waals surface area contributed by atoms with Crippen molar-refractivity contribution >= 4 is 64.5 Å². The van der Waals surface area contributed by atoms with Crippen LogP contribution in [0.2, 0.25) is 0 Å². The molecule has 640 valence electrons. The fourth-order valence-electron chi connectivity index (χ4n) is 17.2. The summed E-state index contributed by atoms with van der Waals surface area (Å²) in [6.45, 7) is 16.0. The molecule has 2 aliphatic heterocycles. The number of aliphatic hydroxyl groups excluding tert-OH is 1. The van der Waals surface area contributed by atoms with Gasteiger partial charge in [-0.2, -0.15) is 0 Å². The van der Waals surface area contributed by atoms with Gasteiger partial charge in [0.05, 0.1) is 135 Å². The molecule has 0 bridgehead atoms. The molecule has 3 heterocycles. The molecule has 3 saturated carbocycles. The number of carbonyl (C=O) groups is 9. The molecule has 7 amide bonds. The molecule has 0 spiro atoms. The maximum absolute atomic E-state index is 18.0. The summed E-state index contributed by atoms with van der Waals surface area (Å²) in [4.78, 5) is 122. The number of amides is 7. The van der Waals surface area contributed by atoms with E-state index in [1.807, 2.05) is 60.1 Å². The number of Topliss-reactive ketones (excluding diaryl/α,β-unsaturated/α-hetero) is 2. The fraction of sp³-hybridized carbons (Fsp3) is 0.612. The molecule has 12 atom stereocenters.